The van der Waals surface area contributed by atoms with Crippen LogP contribution >= 0.6 is 0 Å². The first-order valence-corrected chi connectivity index (χ1v) is 10.7. The van der Waals surface area contributed by atoms with Crippen LogP contribution in [-0.4, -0.2) is 72.8 Å². The molecule has 0 fully saturated rings. The van der Waals surface area contributed by atoms with Crippen molar-refractivity contribution >= 4 is 23.7 Å². The van der Waals surface area contributed by atoms with Crippen molar-refractivity contribution in [3.8, 4) is 11.5 Å². The number of amides is 2. The standard InChI is InChI=1S/C21H31N5O6/c1-2-3-5-18(28)26-16(20(30)31)13-25-19(29)15-7-6-14(12-17(15)27)32-11-10-24-21-22-8-4-9-23-21/h6-7,12,16,27H,2-5,8-11,13H2,1H3,(H,25,29)(H,26,28)(H,30,31)(H2,22,23,24)/t16-/m0/s1. The van der Waals surface area contributed by atoms with Crippen molar-refractivity contribution in [1.29, 1.82) is 0 Å². The van der Waals surface area contributed by atoms with Gasteiger partial charge in [-0.2, -0.15) is 0 Å². The van der Waals surface area contributed by atoms with Crippen LogP contribution in [0.25, 0.3) is 0 Å². The number of unbranched alkanes of at least 4 members (excludes halogenated alkanes) is 1. The van der Waals surface area contributed by atoms with E-state index in [0.29, 0.717) is 25.3 Å². The van der Waals surface area contributed by atoms with Crippen LogP contribution in [-0.2, 0) is 9.59 Å². The molecule has 2 rings (SSSR count). The highest BCUT2D eigenvalue weighted by Crippen LogP contribution is 2.23. The lowest BCUT2D eigenvalue weighted by molar-refractivity contribution is -0.141. The van der Waals surface area contributed by atoms with Gasteiger partial charge in [0.05, 0.1) is 12.1 Å². The Bertz CT molecular complexity index is 829. The molecule has 0 radical (unpaired) electrons. The molecule has 1 heterocycles. The molecule has 1 atom stereocenters. The number of carbonyl (C=O) groups is 3. The first-order chi connectivity index (χ1) is 15.4. The predicted molar refractivity (Wildman–Crippen MR) is 118 cm³/mol. The lowest BCUT2D eigenvalue weighted by Gasteiger charge is -2.16. The quantitative estimate of drug-likeness (QED) is 0.247. The average Bonchev–Trinajstić information content (AvgIpc) is 2.78. The van der Waals surface area contributed by atoms with Gasteiger partial charge < -0.3 is 36.2 Å². The number of benzene rings is 1. The highest BCUT2D eigenvalue weighted by molar-refractivity contribution is 5.97. The monoisotopic (exact) mass is 449 g/mol. The van der Waals surface area contributed by atoms with Crippen LogP contribution in [0.15, 0.2) is 23.2 Å². The number of aliphatic imine (C=N–C) groups is 1. The molecule has 0 spiro atoms. The van der Waals surface area contributed by atoms with Gasteiger partial charge in [0.15, 0.2) is 5.96 Å². The van der Waals surface area contributed by atoms with Crippen LogP contribution in [0.3, 0.4) is 0 Å². The number of carboxylic acids is 1. The third-order valence-corrected chi connectivity index (χ3v) is 4.63. The van der Waals surface area contributed by atoms with Crippen molar-refractivity contribution in [2.45, 2.75) is 38.6 Å². The summed E-state index contributed by atoms with van der Waals surface area (Å²) in [7, 11) is 0. The Labute approximate surface area is 186 Å². The van der Waals surface area contributed by atoms with Gasteiger partial charge in [-0.25, -0.2) is 4.79 Å². The lowest BCUT2D eigenvalue weighted by Crippen LogP contribution is -2.48. The Morgan fingerprint density at radius 3 is 2.78 bits per heavy atom. The number of guanidine groups is 1. The first kappa shape index (κ1) is 24.8. The van der Waals surface area contributed by atoms with Gasteiger partial charge in [0, 0.05) is 32.1 Å². The van der Waals surface area contributed by atoms with E-state index in [1.165, 1.54) is 18.2 Å². The number of phenols is 1. The zero-order valence-corrected chi connectivity index (χ0v) is 18.1. The summed E-state index contributed by atoms with van der Waals surface area (Å²) in [6.45, 7) is 4.10. The molecule has 0 bridgehead atoms. The zero-order chi connectivity index (χ0) is 23.3. The third-order valence-electron chi connectivity index (χ3n) is 4.63. The second-order valence-electron chi connectivity index (χ2n) is 7.24. The molecular formula is C21H31N5O6. The molecule has 32 heavy (non-hydrogen) atoms. The smallest absolute Gasteiger partial charge is 0.328 e. The molecule has 0 saturated carbocycles. The number of hydrogen-bond acceptors (Lipinski definition) is 8. The van der Waals surface area contributed by atoms with Gasteiger partial charge >= 0.3 is 5.97 Å². The number of aromatic hydroxyl groups is 1. The van der Waals surface area contributed by atoms with E-state index >= 15 is 0 Å². The number of rotatable bonds is 12. The van der Waals surface area contributed by atoms with Crippen molar-refractivity contribution < 1.29 is 29.3 Å². The van der Waals surface area contributed by atoms with E-state index in [2.05, 4.69) is 26.3 Å². The molecule has 0 saturated heterocycles. The van der Waals surface area contributed by atoms with Crippen LogP contribution < -0.4 is 26.0 Å². The molecule has 176 valence electrons. The molecule has 11 heteroatoms. The Morgan fingerprint density at radius 2 is 2.12 bits per heavy atom. The molecule has 0 aliphatic carbocycles. The van der Waals surface area contributed by atoms with Crippen molar-refractivity contribution in [3.63, 3.8) is 0 Å². The van der Waals surface area contributed by atoms with Gasteiger partial charge in [-0.3, -0.25) is 14.6 Å². The van der Waals surface area contributed by atoms with Crippen LogP contribution in [0.2, 0.25) is 0 Å². The van der Waals surface area contributed by atoms with Crippen molar-refractivity contribution in [2.75, 3.05) is 32.8 Å². The van der Waals surface area contributed by atoms with E-state index in [1.54, 1.807) is 0 Å². The summed E-state index contributed by atoms with van der Waals surface area (Å²) >= 11 is 0. The molecule has 1 aliphatic rings. The number of nitrogens with zero attached hydrogens (tertiary/aromatic N) is 1. The SMILES string of the molecule is CCCCC(=O)N[C@@H](CNC(=O)c1ccc(OCCNC2=NCCCN2)cc1O)C(=O)O. The number of hydrogen-bond donors (Lipinski definition) is 6. The van der Waals surface area contributed by atoms with Crippen molar-refractivity contribution in [3.05, 3.63) is 23.8 Å². The van der Waals surface area contributed by atoms with Gasteiger partial charge in [0.1, 0.15) is 24.1 Å². The van der Waals surface area contributed by atoms with Crippen molar-refractivity contribution in [2.24, 2.45) is 4.99 Å². The van der Waals surface area contributed by atoms with Crippen LogP contribution in [0.1, 0.15) is 43.0 Å². The topological polar surface area (TPSA) is 161 Å². The van der Waals surface area contributed by atoms with Gasteiger partial charge in [-0.15, -0.1) is 0 Å². The number of nitrogens with one attached hydrogen (secondary N) is 4. The number of ether oxygens (including phenoxy) is 1. The number of carbonyl (C=O) groups excluding carboxylic acids is 2. The fourth-order valence-corrected chi connectivity index (χ4v) is 2.88. The maximum Gasteiger partial charge on any atom is 0.328 e. The second kappa shape index (κ2) is 13.0. The fraction of sp³-hybridized carbons (Fsp3) is 0.524. The van der Waals surface area contributed by atoms with Gasteiger partial charge in [-0.1, -0.05) is 13.3 Å². The Balaban J connectivity index is 1.81. The predicted octanol–water partition coefficient (Wildman–Crippen LogP) is 0.199. The summed E-state index contributed by atoms with van der Waals surface area (Å²) in [6.07, 6.45) is 2.68. The van der Waals surface area contributed by atoms with Gasteiger partial charge in [0.2, 0.25) is 5.91 Å². The molecule has 1 aromatic carbocycles. The maximum absolute atomic E-state index is 12.3. The minimum atomic E-state index is -1.26. The number of aliphatic carboxylic acids is 1. The van der Waals surface area contributed by atoms with Gasteiger partial charge in [-0.05, 0) is 25.0 Å². The summed E-state index contributed by atoms with van der Waals surface area (Å²) in [4.78, 5) is 39.7. The van der Waals surface area contributed by atoms with Crippen molar-refractivity contribution in [1.82, 2.24) is 21.3 Å². The van der Waals surface area contributed by atoms with E-state index in [9.17, 15) is 24.6 Å². The molecule has 6 N–H and O–H groups in total. The molecule has 2 amide bonds. The van der Waals surface area contributed by atoms with E-state index in [4.69, 9.17) is 4.74 Å². The van der Waals surface area contributed by atoms with E-state index < -0.39 is 23.8 Å². The normalized spacial score (nSPS) is 13.8. The molecular weight excluding hydrogens is 418 g/mol. The van der Waals surface area contributed by atoms with Crippen LogP contribution in [0.5, 0.6) is 11.5 Å². The fourth-order valence-electron chi connectivity index (χ4n) is 2.88. The first-order valence-electron chi connectivity index (χ1n) is 10.7. The van der Waals surface area contributed by atoms with Crippen LogP contribution in [0, 0.1) is 0 Å². The third kappa shape index (κ3) is 8.32. The highest BCUT2D eigenvalue weighted by Gasteiger charge is 2.21. The summed E-state index contributed by atoms with van der Waals surface area (Å²) in [6, 6.07) is 2.97. The molecule has 0 aromatic heterocycles. The maximum atomic E-state index is 12.3. The second-order valence-corrected chi connectivity index (χ2v) is 7.24. The molecule has 0 unspecified atom stereocenters. The molecule has 1 aromatic rings. The minimum absolute atomic E-state index is 0.0299. The van der Waals surface area contributed by atoms with Crippen LogP contribution in [0.4, 0.5) is 0 Å². The zero-order valence-electron chi connectivity index (χ0n) is 18.1. The Morgan fingerprint density at radius 1 is 1.31 bits per heavy atom. The summed E-state index contributed by atoms with van der Waals surface area (Å²) in [5.41, 5.74) is -0.0299. The summed E-state index contributed by atoms with van der Waals surface area (Å²) in [5.74, 6) is -1.50. The number of phenolic OH excluding ortho intramolecular Hbond substituents is 1. The van der Waals surface area contributed by atoms with E-state index in [-0.39, 0.29) is 24.3 Å². The average molecular weight is 450 g/mol. The van der Waals surface area contributed by atoms with E-state index in [1.807, 2.05) is 6.92 Å². The Kier molecular flexibility index (Phi) is 10.1. The largest absolute Gasteiger partial charge is 0.507 e. The Hall–Kier alpha value is -3.50. The number of carboxylic acid groups (broad SMARTS) is 1. The highest BCUT2D eigenvalue weighted by atomic mass is 16.5. The van der Waals surface area contributed by atoms with E-state index in [0.717, 1.165) is 31.9 Å². The lowest BCUT2D eigenvalue weighted by atomic mass is 10.1. The minimum Gasteiger partial charge on any atom is -0.507 e. The molecule has 1 aliphatic heterocycles. The molecule has 11 nitrogen and oxygen atoms in total. The summed E-state index contributed by atoms with van der Waals surface area (Å²) in [5, 5.41) is 30.5. The summed E-state index contributed by atoms with van der Waals surface area (Å²) < 4.78 is 5.56. The van der Waals surface area contributed by atoms with Gasteiger partial charge in [0.25, 0.3) is 5.91 Å².